The number of anilines is 1. The summed E-state index contributed by atoms with van der Waals surface area (Å²) in [6.45, 7) is 0. The number of nitrogens with zero attached hydrogens (tertiary/aromatic N) is 4. The second-order valence-corrected chi connectivity index (χ2v) is 8.85. The van der Waals surface area contributed by atoms with Crippen molar-refractivity contribution < 1.29 is 4.42 Å². The van der Waals surface area contributed by atoms with Gasteiger partial charge in [-0.3, -0.25) is 0 Å². The summed E-state index contributed by atoms with van der Waals surface area (Å²) in [7, 11) is 0. The van der Waals surface area contributed by atoms with E-state index in [0.717, 1.165) is 39.2 Å². The van der Waals surface area contributed by atoms with Crippen LogP contribution < -0.4 is 5.01 Å². The van der Waals surface area contributed by atoms with Crippen molar-refractivity contribution in [2.45, 2.75) is 12.5 Å². The molecular formula is C27H18Cl2N4O. The Morgan fingerprint density at radius 2 is 1.68 bits per heavy atom. The molecule has 0 saturated carbocycles. The van der Waals surface area contributed by atoms with Crippen LogP contribution in [0.5, 0.6) is 0 Å². The standard InChI is InChI=1S/C27H18Cl2N4O/c28-18-12-13-22-20(15-18)26(17-7-2-1-3-8-17)31-27(30-22)33-24(19-9-4-5-10-21(19)29)16-23(32-33)25-11-6-14-34-25/h1-15,24H,16H2/t24-/m0/s1. The molecule has 7 heteroatoms. The highest BCUT2D eigenvalue weighted by atomic mass is 35.5. The Hall–Kier alpha value is -3.67. The van der Waals surface area contributed by atoms with E-state index in [-0.39, 0.29) is 6.04 Å². The van der Waals surface area contributed by atoms with Crippen LogP contribution in [0.4, 0.5) is 5.95 Å². The van der Waals surface area contributed by atoms with Crippen molar-refractivity contribution in [1.29, 1.82) is 0 Å². The summed E-state index contributed by atoms with van der Waals surface area (Å²) in [4.78, 5) is 9.87. The summed E-state index contributed by atoms with van der Waals surface area (Å²) in [5.74, 6) is 1.20. The first-order valence-electron chi connectivity index (χ1n) is 10.8. The van der Waals surface area contributed by atoms with E-state index < -0.39 is 0 Å². The zero-order valence-electron chi connectivity index (χ0n) is 17.9. The second-order valence-electron chi connectivity index (χ2n) is 8.01. The molecule has 0 spiro atoms. The van der Waals surface area contributed by atoms with Gasteiger partial charge in [0, 0.05) is 27.4 Å². The lowest BCUT2D eigenvalue weighted by Gasteiger charge is -2.23. The molecular weight excluding hydrogens is 467 g/mol. The minimum absolute atomic E-state index is 0.179. The van der Waals surface area contributed by atoms with E-state index in [2.05, 4.69) is 0 Å². The SMILES string of the molecule is Clc1ccc2nc(N3N=C(c4ccco4)C[C@H]3c3ccccc3Cl)nc(-c3ccccc3)c2c1. The lowest BCUT2D eigenvalue weighted by molar-refractivity contribution is 0.556. The Labute approximate surface area is 206 Å². The molecule has 0 unspecified atom stereocenters. The van der Waals surface area contributed by atoms with Gasteiger partial charge in [-0.15, -0.1) is 0 Å². The summed E-state index contributed by atoms with van der Waals surface area (Å²) in [6, 6.07) is 27.0. The monoisotopic (exact) mass is 484 g/mol. The Morgan fingerprint density at radius 1 is 0.853 bits per heavy atom. The molecule has 5 aromatic rings. The van der Waals surface area contributed by atoms with Crippen LogP contribution in [0, 0.1) is 0 Å². The average molecular weight is 485 g/mol. The predicted octanol–water partition coefficient (Wildman–Crippen LogP) is 7.55. The maximum absolute atomic E-state index is 6.61. The van der Waals surface area contributed by atoms with Crippen molar-refractivity contribution in [1.82, 2.24) is 9.97 Å². The lowest BCUT2D eigenvalue weighted by Crippen LogP contribution is -2.21. The van der Waals surface area contributed by atoms with Gasteiger partial charge in [-0.05, 0) is 42.0 Å². The van der Waals surface area contributed by atoms with E-state index in [9.17, 15) is 0 Å². The Morgan fingerprint density at radius 3 is 2.47 bits per heavy atom. The molecule has 1 aliphatic rings. The smallest absolute Gasteiger partial charge is 0.247 e. The summed E-state index contributed by atoms with van der Waals surface area (Å²) in [5.41, 5.74) is 4.32. The highest BCUT2D eigenvalue weighted by molar-refractivity contribution is 6.31. The third-order valence-electron chi connectivity index (χ3n) is 5.88. The molecule has 5 nitrogen and oxygen atoms in total. The fourth-order valence-electron chi connectivity index (χ4n) is 4.28. The number of rotatable bonds is 4. The number of halogens is 2. The molecule has 0 amide bonds. The molecule has 0 fully saturated rings. The van der Waals surface area contributed by atoms with Crippen molar-refractivity contribution in [2.24, 2.45) is 5.10 Å². The molecule has 0 saturated heterocycles. The van der Waals surface area contributed by atoms with Gasteiger partial charge in [-0.25, -0.2) is 15.0 Å². The number of benzene rings is 3. The van der Waals surface area contributed by atoms with Gasteiger partial charge in [0.1, 0.15) is 11.5 Å². The number of hydrogen-bond acceptors (Lipinski definition) is 5. The zero-order valence-corrected chi connectivity index (χ0v) is 19.4. The molecule has 0 bridgehead atoms. The van der Waals surface area contributed by atoms with Gasteiger partial charge in [0.2, 0.25) is 5.95 Å². The van der Waals surface area contributed by atoms with Crippen LogP contribution >= 0.6 is 23.2 Å². The first kappa shape index (κ1) is 20.9. The summed E-state index contributed by atoms with van der Waals surface area (Å²) in [5, 5.41) is 8.94. The molecule has 6 rings (SSSR count). The van der Waals surface area contributed by atoms with Gasteiger partial charge in [0.15, 0.2) is 0 Å². The van der Waals surface area contributed by atoms with E-state index >= 15 is 0 Å². The van der Waals surface area contributed by atoms with Crippen LogP contribution in [0.2, 0.25) is 10.0 Å². The van der Waals surface area contributed by atoms with Crippen LogP contribution in [0.15, 0.2) is 101 Å². The molecule has 34 heavy (non-hydrogen) atoms. The maximum Gasteiger partial charge on any atom is 0.247 e. The molecule has 0 aliphatic carbocycles. The fourth-order valence-corrected chi connectivity index (χ4v) is 4.71. The highest BCUT2D eigenvalue weighted by Crippen LogP contribution is 2.40. The molecule has 2 aromatic heterocycles. The van der Waals surface area contributed by atoms with Crippen LogP contribution in [-0.4, -0.2) is 15.7 Å². The Kier molecular flexibility index (Phi) is 5.28. The topological polar surface area (TPSA) is 54.5 Å². The first-order chi connectivity index (χ1) is 16.7. The molecule has 166 valence electrons. The number of hydrazone groups is 1. The zero-order chi connectivity index (χ0) is 23.1. The summed E-state index contributed by atoms with van der Waals surface area (Å²) < 4.78 is 5.65. The molecule has 3 aromatic carbocycles. The third-order valence-corrected chi connectivity index (χ3v) is 6.46. The van der Waals surface area contributed by atoms with Crippen LogP contribution in [0.25, 0.3) is 22.2 Å². The van der Waals surface area contributed by atoms with Gasteiger partial charge in [0.25, 0.3) is 0 Å². The van der Waals surface area contributed by atoms with Crippen molar-refractivity contribution in [2.75, 3.05) is 5.01 Å². The second kappa shape index (κ2) is 8.60. The van der Waals surface area contributed by atoms with Gasteiger partial charge in [0.05, 0.1) is 23.5 Å². The van der Waals surface area contributed by atoms with E-state index in [1.54, 1.807) is 6.26 Å². The first-order valence-corrected chi connectivity index (χ1v) is 11.6. The average Bonchev–Trinajstić information content (AvgIpc) is 3.55. The fraction of sp³-hybridized carbons (Fsp3) is 0.0741. The van der Waals surface area contributed by atoms with E-state index in [1.807, 2.05) is 89.9 Å². The number of hydrogen-bond donors (Lipinski definition) is 0. The van der Waals surface area contributed by atoms with Crippen LogP contribution in [0.3, 0.4) is 0 Å². The van der Waals surface area contributed by atoms with Gasteiger partial charge in [-0.1, -0.05) is 71.7 Å². The molecule has 0 N–H and O–H groups in total. The van der Waals surface area contributed by atoms with Gasteiger partial charge >= 0.3 is 0 Å². The van der Waals surface area contributed by atoms with E-state index in [4.69, 9.17) is 42.7 Å². The minimum atomic E-state index is -0.179. The van der Waals surface area contributed by atoms with Crippen molar-refractivity contribution in [3.05, 3.63) is 113 Å². The van der Waals surface area contributed by atoms with Crippen LogP contribution in [-0.2, 0) is 0 Å². The van der Waals surface area contributed by atoms with Gasteiger partial charge < -0.3 is 4.42 Å². The quantitative estimate of drug-likeness (QED) is 0.264. The number of aromatic nitrogens is 2. The largest absolute Gasteiger partial charge is 0.463 e. The van der Waals surface area contributed by atoms with Crippen molar-refractivity contribution in [3.63, 3.8) is 0 Å². The third kappa shape index (κ3) is 3.73. The van der Waals surface area contributed by atoms with Crippen molar-refractivity contribution in [3.8, 4) is 11.3 Å². The highest BCUT2D eigenvalue weighted by Gasteiger charge is 2.34. The Bertz CT molecular complexity index is 1520. The predicted molar refractivity (Wildman–Crippen MR) is 137 cm³/mol. The molecule has 1 atom stereocenters. The lowest BCUT2D eigenvalue weighted by atomic mass is 10.0. The summed E-state index contributed by atoms with van der Waals surface area (Å²) in [6.07, 6.45) is 2.26. The van der Waals surface area contributed by atoms with E-state index in [1.165, 1.54) is 0 Å². The minimum Gasteiger partial charge on any atom is -0.463 e. The van der Waals surface area contributed by atoms with Crippen LogP contribution in [0.1, 0.15) is 23.8 Å². The number of furan rings is 1. The summed E-state index contributed by atoms with van der Waals surface area (Å²) >= 11 is 12.9. The van der Waals surface area contributed by atoms with Crippen molar-refractivity contribution >= 4 is 45.8 Å². The molecule has 3 heterocycles. The Balaban J connectivity index is 1.56. The maximum atomic E-state index is 6.61. The van der Waals surface area contributed by atoms with E-state index in [0.29, 0.717) is 22.4 Å². The van der Waals surface area contributed by atoms with Gasteiger partial charge in [-0.2, -0.15) is 5.10 Å². The molecule has 1 aliphatic heterocycles. The molecule has 0 radical (unpaired) electrons. The normalized spacial score (nSPS) is 15.6. The number of fused-ring (bicyclic) bond motifs is 1.